The van der Waals surface area contributed by atoms with Gasteiger partial charge in [-0.2, -0.15) is 8.78 Å². The van der Waals surface area contributed by atoms with Crippen LogP contribution in [0.25, 0.3) is 0 Å². The lowest BCUT2D eigenvalue weighted by Crippen LogP contribution is -2.23. The zero-order chi connectivity index (χ0) is 17.6. The number of amides is 1. The Morgan fingerprint density at radius 1 is 1.04 bits per heavy atom. The summed E-state index contributed by atoms with van der Waals surface area (Å²) in [4.78, 5) is 12.6. The molecule has 2 aromatic rings. The van der Waals surface area contributed by atoms with Crippen molar-refractivity contribution in [1.29, 1.82) is 0 Å². The largest absolute Gasteiger partial charge is 0.376 e. The van der Waals surface area contributed by atoms with Crippen LogP contribution in [0.5, 0.6) is 0 Å². The maximum atomic E-state index is 12.6. The van der Waals surface area contributed by atoms with Crippen molar-refractivity contribution in [3.63, 3.8) is 0 Å². The Bertz CT molecular complexity index is 752. The molecule has 25 heavy (non-hydrogen) atoms. The summed E-state index contributed by atoms with van der Waals surface area (Å²) < 4.78 is 25.2. The lowest BCUT2D eigenvalue weighted by atomic mass is 9.90. The third-order valence-electron chi connectivity index (χ3n) is 4.21. The van der Waals surface area contributed by atoms with Crippen molar-refractivity contribution < 1.29 is 13.6 Å². The molecule has 0 atom stereocenters. The quantitative estimate of drug-likeness (QED) is 0.716. The Morgan fingerprint density at radius 2 is 1.80 bits per heavy atom. The van der Waals surface area contributed by atoms with Gasteiger partial charge >= 0.3 is 0 Å². The molecular formula is C19H20F2N2OS. The van der Waals surface area contributed by atoms with Gasteiger partial charge in [0.05, 0.1) is 12.2 Å². The summed E-state index contributed by atoms with van der Waals surface area (Å²) >= 11 is 0.432. The second kappa shape index (κ2) is 8.34. The minimum atomic E-state index is -2.52. The number of alkyl halides is 2. The van der Waals surface area contributed by atoms with Crippen molar-refractivity contribution >= 4 is 29.0 Å². The van der Waals surface area contributed by atoms with Crippen LogP contribution in [0.15, 0.2) is 47.4 Å². The monoisotopic (exact) mass is 362 g/mol. The minimum Gasteiger partial charge on any atom is -0.376 e. The third-order valence-corrected chi connectivity index (χ3v) is 5.00. The highest BCUT2D eigenvalue weighted by atomic mass is 32.2. The molecule has 132 valence electrons. The summed E-state index contributed by atoms with van der Waals surface area (Å²) in [6.45, 7) is 0.101. The van der Waals surface area contributed by atoms with E-state index in [1.807, 2.05) is 12.1 Å². The van der Waals surface area contributed by atoms with E-state index in [1.165, 1.54) is 17.5 Å². The fourth-order valence-electron chi connectivity index (χ4n) is 3.09. The molecule has 1 aliphatic carbocycles. The van der Waals surface area contributed by atoms with Gasteiger partial charge < -0.3 is 10.6 Å². The van der Waals surface area contributed by atoms with E-state index >= 15 is 0 Å². The lowest BCUT2D eigenvalue weighted by molar-refractivity contribution is -0.114. The highest BCUT2D eigenvalue weighted by Gasteiger charge is 2.14. The first-order valence-corrected chi connectivity index (χ1v) is 9.20. The van der Waals surface area contributed by atoms with Crippen LogP contribution in [0, 0.1) is 0 Å². The summed E-state index contributed by atoms with van der Waals surface area (Å²) in [7, 11) is 0. The molecule has 0 saturated heterocycles. The van der Waals surface area contributed by atoms with Gasteiger partial charge in [-0.3, -0.25) is 4.79 Å². The maximum Gasteiger partial charge on any atom is 0.288 e. The SMILES string of the molecule is O=C(CNc1cccc2c1CCCC2)Nc1ccccc1SC(F)F. The van der Waals surface area contributed by atoms with Crippen LogP contribution in [0.3, 0.4) is 0 Å². The predicted octanol–water partition coefficient (Wildman–Crippen LogP) is 4.93. The van der Waals surface area contributed by atoms with E-state index in [0.717, 1.165) is 24.9 Å². The van der Waals surface area contributed by atoms with Gasteiger partial charge in [0.15, 0.2) is 0 Å². The molecular weight excluding hydrogens is 342 g/mol. The molecule has 6 heteroatoms. The van der Waals surface area contributed by atoms with Gasteiger partial charge in [-0.05, 0) is 55.0 Å². The van der Waals surface area contributed by atoms with E-state index in [-0.39, 0.29) is 12.5 Å². The fourth-order valence-corrected chi connectivity index (χ4v) is 3.68. The van der Waals surface area contributed by atoms with E-state index in [4.69, 9.17) is 0 Å². The van der Waals surface area contributed by atoms with Gasteiger partial charge in [-0.1, -0.05) is 36.0 Å². The van der Waals surface area contributed by atoms with Gasteiger partial charge in [0.25, 0.3) is 5.76 Å². The topological polar surface area (TPSA) is 41.1 Å². The number of carbonyl (C=O) groups is 1. The Labute approximate surface area is 150 Å². The first-order valence-electron chi connectivity index (χ1n) is 8.32. The molecule has 0 fully saturated rings. The van der Waals surface area contributed by atoms with E-state index < -0.39 is 5.76 Å². The number of aryl methyl sites for hydroxylation is 1. The smallest absolute Gasteiger partial charge is 0.288 e. The number of para-hydroxylation sites is 1. The molecule has 2 N–H and O–H groups in total. The van der Waals surface area contributed by atoms with E-state index in [9.17, 15) is 13.6 Å². The molecule has 1 amide bonds. The molecule has 2 aromatic carbocycles. The summed E-state index contributed by atoms with van der Waals surface area (Å²) in [5, 5.41) is 5.90. The van der Waals surface area contributed by atoms with Crippen LogP contribution in [-0.2, 0) is 17.6 Å². The van der Waals surface area contributed by atoms with Gasteiger partial charge in [-0.25, -0.2) is 0 Å². The number of rotatable bonds is 6. The number of thioether (sulfide) groups is 1. The third kappa shape index (κ3) is 4.72. The first-order chi connectivity index (χ1) is 12.1. The molecule has 0 aliphatic heterocycles. The lowest BCUT2D eigenvalue weighted by Gasteiger charge is -2.20. The molecule has 0 unspecified atom stereocenters. The standard InChI is InChI=1S/C19H20F2N2OS/c20-19(21)25-17-11-4-3-9-16(17)23-18(24)12-22-15-10-5-7-13-6-1-2-8-14(13)15/h3-5,7,9-11,19,22H,1-2,6,8,12H2,(H,23,24). The van der Waals surface area contributed by atoms with E-state index in [1.54, 1.807) is 24.3 Å². The number of carbonyl (C=O) groups excluding carboxylic acids is 1. The number of anilines is 2. The second-order valence-corrected chi connectivity index (χ2v) is 6.96. The Kier molecular flexibility index (Phi) is 5.91. The van der Waals surface area contributed by atoms with Crippen molar-refractivity contribution in [3.05, 3.63) is 53.6 Å². The average Bonchev–Trinajstić information content (AvgIpc) is 2.61. The van der Waals surface area contributed by atoms with Gasteiger partial charge in [0.1, 0.15) is 0 Å². The van der Waals surface area contributed by atoms with Gasteiger partial charge in [-0.15, -0.1) is 0 Å². The zero-order valence-electron chi connectivity index (χ0n) is 13.7. The Hall–Kier alpha value is -2.08. The number of fused-ring (bicyclic) bond motifs is 1. The van der Waals surface area contributed by atoms with Crippen LogP contribution in [0.4, 0.5) is 20.2 Å². The van der Waals surface area contributed by atoms with Crippen molar-refractivity contribution in [1.82, 2.24) is 0 Å². The predicted molar refractivity (Wildman–Crippen MR) is 98.5 cm³/mol. The van der Waals surface area contributed by atoms with Gasteiger partial charge in [0.2, 0.25) is 5.91 Å². The van der Waals surface area contributed by atoms with Crippen LogP contribution >= 0.6 is 11.8 Å². The number of hydrogen-bond donors (Lipinski definition) is 2. The Balaban J connectivity index is 1.63. The molecule has 1 aliphatic rings. The summed E-state index contributed by atoms with van der Waals surface area (Å²) in [5.74, 6) is -2.78. The minimum absolute atomic E-state index is 0.101. The van der Waals surface area contributed by atoms with Crippen LogP contribution in [-0.4, -0.2) is 18.2 Å². The molecule has 0 radical (unpaired) electrons. The Morgan fingerprint density at radius 3 is 2.64 bits per heavy atom. The van der Waals surface area contributed by atoms with Gasteiger partial charge in [0, 0.05) is 10.6 Å². The highest BCUT2D eigenvalue weighted by Crippen LogP contribution is 2.31. The molecule has 0 aromatic heterocycles. The van der Waals surface area contributed by atoms with Crippen molar-refractivity contribution in [2.45, 2.75) is 36.3 Å². The van der Waals surface area contributed by atoms with Crippen LogP contribution < -0.4 is 10.6 Å². The summed E-state index contributed by atoms with van der Waals surface area (Å²) in [6.07, 6.45) is 4.47. The second-order valence-electron chi connectivity index (χ2n) is 5.93. The first kappa shape index (κ1) is 17.7. The van der Waals surface area contributed by atoms with Crippen molar-refractivity contribution in [3.8, 4) is 0 Å². The fraction of sp³-hybridized carbons (Fsp3) is 0.316. The zero-order valence-corrected chi connectivity index (χ0v) is 14.5. The molecule has 0 saturated carbocycles. The van der Waals surface area contributed by atoms with Crippen LogP contribution in [0.2, 0.25) is 0 Å². The summed E-state index contributed by atoms with van der Waals surface area (Å²) in [6, 6.07) is 12.7. The van der Waals surface area contributed by atoms with E-state index in [0.29, 0.717) is 22.3 Å². The van der Waals surface area contributed by atoms with Crippen LogP contribution in [0.1, 0.15) is 24.0 Å². The molecule has 3 nitrogen and oxygen atoms in total. The number of nitrogens with one attached hydrogen (secondary N) is 2. The number of halogens is 2. The molecule has 0 spiro atoms. The number of hydrogen-bond acceptors (Lipinski definition) is 3. The number of benzene rings is 2. The van der Waals surface area contributed by atoms with E-state index in [2.05, 4.69) is 16.7 Å². The van der Waals surface area contributed by atoms with Crippen molar-refractivity contribution in [2.75, 3.05) is 17.2 Å². The molecule has 0 heterocycles. The molecule has 3 rings (SSSR count). The highest BCUT2D eigenvalue weighted by molar-refractivity contribution is 7.99. The summed E-state index contributed by atoms with van der Waals surface area (Å²) in [5.41, 5.74) is 4.03. The maximum absolute atomic E-state index is 12.6. The average molecular weight is 362 g/mol. The normalized spacial score (nSPS) is 13.4. The molecule has 0 bridgehead atoms. The van der Waals surface area contributed by atoms with Crippen molar-refractivity contribution in [2.24, 2.45) is 0 Å².